The van der Waals surface area contributed by atoms with Crippen molar-refractivity contribution in [1.82, 2.24) is 15.2 Å². The number of H-pyrrole nitrogens is 2. The molecule has 0 radical (unpaired) electrons. The second-order valence-corrected chi connectivity index (χ2v) is 10.5. The van der Waals surface area contributed by atoms with Crippen LogP contribution in [0.2, 0.25) is 0 Å². The normalized spacial score (nSPS) is 13.1. The lowest BCUT2D eigenvalue weighted by atomic mass is 10.0. The molecule has 0 bridgehead atoms. The molecule has 2 N–H and O–H groups in total. The van der Waals surface area contributed by atoms with Gasteiger partial charge >= 0.3 is 0 Å². The van der Waals surface area contributed by atoms with Gasteiger partial charge in [0.25, 0.3) is 0 Å². The minimum atomic E-state index is -3.72. The van der Waals surface area contributed by atoms with Crippen LogP contribution in [0, 0.1) is 4.77 Å². The van der Waals surface area contributed by atoms with Gasteiger partial charge in [0.2, 0.25) is 10.7 Å². The summed E-state index contributed by atoms with van der Waals surface area (Å²) in [4.78, 5) is 9.02. The van der Waals surface area contributed by atoms with E-state index in [4.69, 9.17) is 12.2 Å². The van der Waals surface area contributed by atoms with Gasteiger partial charge in [0.05, 0.1) is 15.9 Å². The van der Waals surface area contributed by atoms with Gasteiger partial charge in [0, 0.05) is 10.9 Å². The summed E-state index contributed by atoms with van der Waals surface area (Å²) >= 11 is 8.40. The number of aromatic amines is 2. The lowest BCUT2D eigenvalue weighted by Crippen LogP contribution is -2.18. The summed E-state index contributed by atoms with van der Waals surface area (Å²) in [5, 5.41) is 4.69. The van der Waals surface area contributed by atoms with Crippen molar-refractivity contribution in [2.45, 2.75) is 16.6 Å². The van der Waals surface area contributed by atoms with E-state index >= 15 is 0 Å². The number of rotatable bonds is 7. The van der Waals surface area contributed by atoms with Crippen molar-refractivity contribution in [2.24, 2.45) is 4.99 Å². The average molecular weight is 527 g/mol. The minimum Gasteiger partial charge on any atom is -0.272 e. The fraction of sp³-hybridized carbons (Fsp3) is 0.0870. The molecular formula is C23H19BrN4O2S2. The SMILES string of the molecule is O=S(=O)(c1ccc(Br)cc1)C(C/C(=N/c1nc(=S)[nH][nH]1)c1ccccc1)c1ccccc1. The summed E-state index contributed by atoms with van der Waals surface area (Å²) in [5.74, 6) is 0.293. The van der Waals surface area contributed by atoms with Crippen molar-refractivity contribution in [2.75, 3.05) is 0 Å². The van der Waals surface area contributed by atoms with Gasteiger partial charge in [-0.1, -0.05) is 76.6 Å². The quantitative estimate of drug-likeness (QED) is 0.229. The van der Waals surface area contributed by atoms with E-state index < -0.39 is 15.1 Å². The highest BCUT2D eigenvalue weighted by molar-refractivity contribution is 9.10. The fourth-order valence-electron chi connectivity index (χ4n) is 3.34. The predicted molar refractivity (Wildman–Crippen MR) is 132 cm³/mol. The maximum atomic E-state index is 13.8. The van der Waals surface area contributed by atoms with Crippen LogP contribution >= 0.6 is 28.1 Å². The Labute approximate surface area is 199 Å². The highest BCUT2D eigenvalue weighted by atomic mass is 79.9. The maximum Gasteiger partial charge on any atom is 0.244 e. The van der Waals surface area contributed by atoms with Crippen LogP contribution in [0.5, 0.6) is 0 Å². The Bertz CT molecular complexity index is 1380. The van der Waals surface area contributed by atoms with E-state index in [1.54, 1.807) is 24.3 Å². The van der Waals surface area contributed by atoms with Gasteiger partial charge in [-0.2, -0.15) is 4.98 Å². The summed E-state index contributed by atoms with van der Waals surface area (Å²) in [6, 6.07) is 25.3. The summed E-state index contributed by atoms with van der Waals surface area (Å²) < 4.78 is 28.6. The van der Waals surface area contributed by atoms with E-state index in [0.717, 1.165) is 10.0 Å². The first kappa shape index (κ1) is 22.3. The van der Waals surface area contributed by atoms with Crippen molar-refractivity contribution >= 4 is 49.6 Å². The molecule has 0 aliphatic rings. The van der Waals surface area contributed by atoms with Gasteiger partial charge in [-0.3, -0.25) is 10.2 Å². The number of nitrogens with zero attached hydrogens (tertiary/aromatic N) is 2. The molecule has 0 amide bonds. The second-order valence-electron chi connectivity index (χ2n) is 7.02. The van der Waals surface area contributed by atoms with Gasteiger partial charge in [-0.25, -0.2) is 13.4 Å². The first-order chi connectivity index (χ1) is 15.4. The van der Waals surface area contributed by atoms with Crippen LogP contribution in [0.4, 0.5) is 5.95 Å². The number of hydrogen-bond donors (Lipinski definition) is 2. The molecular weight excluding hydrogens is 508 g/mol. The molecule has 0 spiro atoms. The summed E-state index contributed by atoms with van der Waals surface area (Å²) in [6.45, 7) is 0. The Hall–Kier alpha value is -2.88. The van der Waals surface area contributed by atoms with E-state index in [1.807, 2.05) is 60.7 Å². The third kappa shape index (κ3) is 5.12. The Morgan fingerprint density at radius 2 is 1.56 bits per heavy atom. The molecule has 1 unspecified atom stereocenters. The number of sulfone groups is 1. The Morgan fingerprint density at radius 3 is 2.16 bits per heavy atom. The van der Waals surface area contributed by atoms with E-state index in [9.17, 15) is 8.42 Å². The third-order valence-electron chi connectivity index (χ3n) is 4.90. The maximum absolute atomic E-state index is 13.8. The van der Waals surface area contributed by atoms with Gasteiger partial charge in [0.1, 0.15) is 0 Å². The molecule has 6 nitrogen and oxygen atoms in total. The van der Waals surface area contributed by atoms with Crippen LogP contribution in [-0.4, -0.2) is 29.3 Å². The molecule has 162 valence electrons. The van der Waals surface area contributed by atoms with Crippen LogP contribution in [-0.2, 0) is 9.84 Å². The molecule has 32 heavy (non-hydrogen) atoms. The van der Waals surface area contributed by atoms with Gasteiger partial charge < -0.3 is 0 Å². The van der Waals surface area contributed by atoms with Crippen LogP contribution in [0.1, 0.15) is 22.8 Å². The molecule has 4 aromatic rings. The lowest BCUT2D eigenvalue weighted by Gasteiger charge is -2.20. The monoisotopic (exact) mass is 526 g/mol. The van der Waals surface area contributed by atoms with Crippen molar-refractivity contribution < 1.29 is 8.42 Å². The molecule has 9 heteroatoms. The summed E-state index contributed by atoms with van der Waals surface area (Å²) in [6.07, 6.45) is 0.153. The highest BCUT2D eigenvalue weighted by Crippen LogP contribution is 2.34. The van der Waals surface area contributed by atoms with E-state index in [2.05, 4.69) is 36.1 Å². The number of aromatic nitrogens is 3. The molecule has 0 aliphatic heterocycles. The van der Waals surface area contributed by atoms with E-state index in [-0.39, 0.29) is 16.1 Å². The zero-order valence-corrected chi connectivity index (χ0v) is 20.0. The van der Waals surface area contributed by atoms with Gasteiger partial charge in [-0.05, 0) is 47.6 Å². The molecule has 0 fully saturated rings. The van der Waals surface area contributed by atoms with Gasteiger partial charge in [0.15, 0.2) is 9.84 Å². The topological polar surface area (TPSA) is 91.0 Å². The number of aliphatic imine (C=N–C) groups is 1. The zero-order chi connectivity index (χ0) is 22.6. The Morgan fingerprint density at radius 1 is 0.938 bits per heavy atom. The molecule has 0 saturated carbocycles. The van der Waals surface area contributed by atoms with Gasteiger partial charge in [-0.15, -0.1) is 0 Å². The van der Waals surface area contributed by atoms with Crippen LogP contribution in [0.15, 0.2) is 99.3 Å². The number of halogens is 1. The smallest absolute Gasteiger partial charge is 0.244 e. The summed E-state index contributed by atoms with van der Waals surface area (Å²) in [5.41, 5.74) is 2.08. The molecule has 0 aliphatic carbocycles. The van der Waals surface area contributed by atoms with Crippen LogP contribution in [0.25, 0.3) is 0 Å². The molecule has 1 heterocycles. The number of benzene rings is 3. The van der Waals surface area contributed by atoms with Crippen molar-refractivity contribution in [3.63, 3.8) is 0 Å². The first-order valence-electron chi connectivity index (χ1n) is 9.75. The highest BCUT2D eigenvalue weighted by Gasteiger charge is 2.31. The molecule has 4 rings (SSSR count). The largest absolute Gasteiger partial charge is 0.272 e. The third-order valence-corrected chi connectivity index (χ3v) is 7.74. The van der Waals surface area contributed by atoms with Crippen molar-refractivity contribution in [1.29, 1.82) is 0 Å². The van der Waals surface area contributed by atoms with Crippen molar-refractivity contribution in [3.8, 4) is 0 Å². The van der Waals surface area contributed by atoms with E-state index in [0.29, 0.717) is 17.2 Å². The Kier molecular flexibility index (Phi) is 6.78. The van der Waals surface area contributed by atoms with Crippen LogP contribution < -0.4 is 0 Å². The molecule has 3 aromatic carbocycles. The van der Waals surface area contributed by atoms with Crippen LogP contribution in [0.3, 0.4) is 0 Å². The predicted octanol–water partition coefficient (Wildman–Crippen LogP) is 5.96. The Balaban J connectivity index is 1.83. The molecule has 1 atom stereocenters. The minimum absolute atomic E-state index is 0.153. The average Bonchev–Trinajstić information content (AvgIpc) is 3.22. The standard InChI is InChI=1S/C23H19BrN4O2S2/c24-18-11-13-19(14-12-18)32(29,30)21(17-9-5-2-6-10-17)15-20(16-7-3-1-4-8-16)25-22-26-23(31)28-27-22/h1-14,21H,15H2,(H2,26,27,28,31)/b25-20-. The summed E-state index contributed by atoms with van der Waals surface area (Å²) in [7, 11) is -3.72. The number of hydrogen-bond acceptors (Lipinski definition) is 5. The number of nitrogens with one attached hydrogen (secondary N) is 2. The first-order valence-corrected chi connectivity index (χ1v) is 12.5. The molecule has 0 saturated heterocycles. The lowest BCUT2D eigenvalue weighted by molar-refractivity contribution is 0.583. The van der Waals surface area contributed by atoms with E-state index in [1.165, 1.54) is 0 Å². The molecule has 1 aromatic heterocycles. The zero-order valence-electron chi connectivity index (χ0n) is 16.8. The fourth-order valence-corrected chi connectivity index (χ4v) is 5.48. The second kappa shape index (κ2) is 9.72. The van der Waals surface area contributed by atoms with Crippen molar-refractivity contribution in [3.05, 3.63) is 105 Å².